The molecule has 1 N–H and O–H groups in total. The smallest absolute Gasteiger partial charge is 0.255 e. The predicted molar refractivity (Wildman–Crippen MR) is 94.3 cm³/mol. The average Bonchev–Trinajstić information content (AvgIpc) is 2.98. The van der Waals surface area contributed by atoms with Gasteiger partial charge < -0.3 is 10.2 Å². The average molecular weight is 326 g/mol. The topological polar surface area (TPSA) is 49.4 Å². The first-order valence-corrected chi connectivity index (χ1v) is 8.67. The fourth-order valence-corrected chi connectivity index (χ4v) is 3.23. The quantitative estimate of drug-likeness (QED) is 0.877. The molecule has 1 heterocycles. The third-order valence-electron chi connectivity index (χ3n) is 3.94. The maximum absolute atomic E-state index is 12.4. The Morgan fingerprint density at radius 3 is 2.74 bits per heavy atom. The molecule has 3 rings (SSSR count). The number of anilines is 2. The fourth-order valence-electron chi connectivity index (χ4n) is 2.77. The molecule has 2 aromatic rings. The van der Waals surface area contributed by atoms with Crippen LogP contribution in [-0.2, 0) is 11.2 Å². The second-order valence-corrected chi connectivity index (χ2v) is 6.33. The molecule has 0 fully saturated rings. The zero-order chi connectivity index (χ0) is 16.4. The second kappa shape index (κ2) is 6.46. The molecule has 0 aromatic heterocycles. The number of thioether (sulfide) groups is 1. The lowest BCUT2D eigenvalue weighted by molar-refractivity contribution is -0.116. The number of hydrogen-bond acceptors (Lipinski definition) is 3. The van der Waals surface area contributed by atoms with E-state index in [1.807, 2.05) is 42.7 Å². The first-order chi connectivity index (χ1) is 11.1. The molecule has 2 amide bonds. The van der Waals surface area contributed by atoms with Crippen molar-refractivity contribution in [2.45, 2.75) is 18.2 Å². The summed E-state index contributed by atoms with van der Waals surface area (Å²) in [5.74, 6) is -0.0952. The van der Waals surface area contributed by atoms with E-state index in [4.69, 9.17) is 0 Å². The van der Waals surface area contributed by atoms with Crippen LogP contribution < -0.4 is 10.2 Å². The molecule has 0 unspecified atom stereocenters. The number of amides is 2. The third kappa shape index (κ3) is 3.24. The van der Waals surface area contributed by atoms with Crippen molar-refractivity contribution in [2.75, 3.05) is 23.0 Å². The summed E-state index contributed by atoms with van der Waals surface area (Å²) in [7, 11) is 0. The van der Waals surface area contributed by atoms with Gasteiger partial charge in [0.2, 0.25) is 5.91 Å². The zero-order valence-electron chi connectivity index (χ0n) is 13.1. The Morgan fingerprint density at radius 1 is 1.17 bits per heavy atom. The van der Waals surface area contributed by atoms with Gasteiger partial charge in [0.15, 0.2) is 0 Å². The maximum Gasteiger partial charge on any atom is 0.255 e. The van der Waals surface area contributed by atoms with E-state index in [1.165, 1.54) is 0 Å². The summed E-state index contributed by atoms with van der Waals surface area (Å²) in [4.78, 5) is 26.9. The zero-order valence-corrected chi connectivity index (χ0v) is 13.9. The number of nitrogens with one attached hydrogen (secondary N) is 1. The standard InChI is InChI=1S/C18H18N2O2S/c1-12(21)20-9-8-13-10-14(6-7-17(13)20)18(22)19-15-4-3-5-16(11-15)23-2/h3-7,10-11H,8-9H2,1-2H3,(H,19,22). The van der Waals surface area contributed by atoms with Gasteiger partial charge in [-0.05, 0) is 54.6 Å². The number of hydrogen-bond donors (Lipinski definition) is 1. The van der Waals surface area contributed by atoms with Crippen LogP contribution in [-0.4, -0.2) is 24.6 Å². The Kier molecular flexibility index (Phi) is 4.39. The molecule has 1 aliphatic heterocycles. The van der Waals surface area contributed by atoms with Gasteiger partial charge in [-0.1, -0.05) is 6.07 Å². The molecular formula is C18H18N2O2S. The molecule has 0 atom stereocenters. The Hall–Kier alpha value is -2.27. The fraction of sp³-hybridized carbons (Fsp3) is 0.222. The van der Waals surface area contributed by atoms with Crippen molar-refractivity contribution < 1.29 is 9.59 Å². The molecule has 1 aliphatic rings. The van der Waals surface area contributed by atoms with Crippen LogP contribution in [0.2, 0.25) is 0 Å². The highest BCUT2D eigenvalue weighted by molar-refractivity contribution is 7.98. The van der Waals surface area contributed by atoms with E-state index in [0.29, 0.717) is 12.1 Å². The van der Waals surface area contributed by atoms with Crippen LogP contribution in [0.5, 0.6) is 0 Å². The lowest BCUT2D eigenvalue weighted by Gasteiger charge is -2.14. The second-order valence-electron chi connectivity index (χ2n) is 5.45. The number of nitrogens with zero attached hydrogens (tertiary/aromatic N) is 1. The van der Waals surface area contributed by atoms with Crippen molar-refractivity contribution in [1.29, 1.82) is 0 Å². The largest absolute Gasteiger partial charge is 0.322 e. The van der Waals surface area contributed by atoms with E-state index >= 15 is 0 Å². The first-order valence-electron chi connectivity index (χ1n) is 7.45. The van der Waals surface area contributed by atoms with Gasteiger partial charge >= 0.3 is 0 Å². The van der Waals surface area contributed by atoms with E-state index in [0.717, 1.165) is 28.3 Å². The molecule has 23 heavy (non-hydrogen) atoms. The van der Waals surface area contributed by atoms with Crippen molar-refractivity contribution in [3.63, 3.8) is 0 Å². The molecule has 2 aromatic carbocycles. The minimum absolute atomic E-state index is 0.0369. The van der Waals surface area contributed by atoms with E-state index in [1.54, 1.807) is 29.7 Å². The molecule has 0 saturated carbocycles. The first kappa shape index (κ1) is 15.6. The molecule has 0 bridgehead atoms. The summed E-state index contributed by atoms with van der Waals surface area (Å²) in [5.41, 5.74) is 3.36. The summed E-state index contributed by atoms with van der Waals surface area (Å²) < 4.78 is 0. The minimum Gasteiger partial charge on any atom is -0.322 e. The van der Waals surface area contributed by atoms with Crippen molar-refractivity contribution in [1.82, 2.24) is 0 Å². The molecule has 118 valence electrons. The van der Waals surface area contributed by atoms with Crippen LogP contribution in [0.15, 0.2) is 47.4 Å². The van der Waals surface area contributed by atoms with Crippen LogP contribution in [0.1, 0.15) is 22.8 Å². The van der Waals surface area contributed by atoms with Gasteiger partial charge in [-0.2, -0.15) is 0 Å². The Balaban J connectivity index is 1.80. The number of carbonyl (C=O) groups is 2. The number of fused-ring (bicyclic) bond motifs is 1. The normalized spacial score (nSPS) is 12.9. The predicted octanol–water partition coefficient (Wildman–Crippen LogP) is 3.57. The monoisotopic (exact) mass is 326 g/mol. The maximum atomic E-state index is 12.4. The van der Waals surface area contributed by atoms with Gasteiger partial charge in [0.25, 0.3) is 5.91 Å². The third-order valence-corrected chi connectivity index (χ3v) is 4.67. The van der Waals surface area contributed by atoms with Crippen molar-refractivity contribution in [3.05, 3.63) is 53.6 Å². The molecule has 0 radical (unpaired) electrons. The van der Waals surface area contributed by atoms with Crippen molar-refractivity contribution in [2.24, 2.45) is 0 Å². The van der Waals surface area contributed by atoms with Crippen LogP contribution in [0.4, 0.5) is 11.4 Å². The van der Waals surface area contributed by atoms with Crippen LogP contribution in [0, 0.1) is 0 Å². The minimum atomic E-state index is -0.132. The highest BCUT2D eigenvalue weighted by Gasteiger charge is 2.23. The lowest BCUT2D eigenvalue weighted by Crippen LogP contribution is -2.25. The van der Waals surface area contributed by atoms with Crippen molar-refractivity contribution in [3.8, 4) is 0 Å². The lowest BCUT2D eigenvalue weighted by atomic mass is 10.1. The molecular weight excluding hydrogens is 308 g/mol. The molecule has 4 nitrogen and oxygen atoms in total. The van der Waals surface area contributed by atoms with E-state index in [2.05, 4.69) is 5.32 Å². The number of benzene rings is 2. The molecule has 0 spiro atoms. The Labute approximate surface area is 139 Å². The van der Waals surface area contributed by atoms with E-state index in [9.17, 15) is 9.59 Å². The summed E-state index contributed by atoms with van der Waals surface area (Å²) in [6.45, 7) is 2.25. The van der Waals surface area contributed by atoms with Gasteiger partial charge in [0, 0.05) is 35.3 Å². The Morgan fingerprint density at radius 2 is 2.00 bits per heavy atom. The summed E-state index contributed by atoms with van der Waals surface area (Å²) in [6.07, 6.45) is 2.79. The summed E-state index contributed by atoms with van der Waals surface area (Å²) in [6, 6.07) is 13.3. The van der Waals surface area contributed by atoms with Gasteiger partial charge in [0.1, 0.15) is 0 Å². The van der Waals surface area contributed by atoms with Gasteiger partial charge in [-0.25, -0.2) is 0 Å². The van der Waals surface area contributed by atoms with Crippen molar-refractivity contribution >= 4 is 35.0 Å². The van der Waals surface area contributed by atoms with Gasteiger partial charge in [0.05, 0.1) is 0 Å². The SMILES string of the molecule is CSc1cccc(NC(=O)c2ccc3c(c2)CCN3C(C)=O)c1. The van der Waals surface area contributed by atoms with Crippen LogP contribution >= 0.6 is 11.8 Å². The summed E-state index contributed by atoms with van der Waals surface area (Å²) in [5, 5.41) is 2.93. The van der Waals surface area contributed by atoms with Crippen LogP contribution in [0.25, 0.3) is 0 Å². The molecule has 0 saturated heterocycles. The van der Waals surface area contributed by atoms with E-state index in [-0.39, 0.29) is 11.8 Å². The number of carbonyl (C=O) groups excluding carboxylic acids is 2. The Bertz CT molecular complexity index is 773. The summed E-state index contributed by atoms with van der Waals surface area (Å²) >= 11 is 1.64. The number of rotatable bonds is 3. The molecule has 0 aliphatic carbocycles. The van der Waals surface area contributed by atoms with E-state index < -0.39 is 0 Å². The highest BCUT2D eigenvalue weighted by Crippen LogP contribution is 2.29. The van der Waals surface area contributed by atoms with Gasteiger partial charge in [-0.3, -0.25) is 9.59 Å². The molecule has 5 heteroatoms. The van der Waals surface area contributed by atoms with Gasteiger partial charge in [-0.15, -0.1) is 11.8 Å². The van der Waals surface area contributed by atoms with Crippen LogP contribution in [0.3, 0.4) is 0 Å². The highest BCUT2D eigenvalue weighted by atomic mass is 32.2.